The highest BCUT2D eigenvalue weighted by Gasteiger charge is 2.43. The van der Waals surface area contributed by atoms with E-state index in [-0.39, 0.29) is 23.7 Å². The van der Waals surface area contributed by atoms with E-state index in [9.17, 15) is 16.8 Å². The topological polar surface area (TPSA) is 93.9 Å². The number of aryl methyl sites for hydroxylation is 2. The molecule has 1 aromatic carbocycles. The van der Waals surface area contributed by atoms with E-state index in [1.165, 1.54) is 17.7 Å². The fraction of sp³-hybridized carbons (Fsp3) is 0.412. The second kappa shape index (κ2) is 6.71. The van der Waals surface area contributed by atoms with Crippen LogP contribution in [-0.4, -0.2) is 46.6 Å². The van der Waals surface area contributed by atoms with Gasteiger partial charge in [0.1, 0.15) is 17.3 Å². The molecule has 2 aromatic rings. The van der Waals surface area contributed by atoms with E-state index in [0.29, 0.717) is 22.6 Å². The van der Waals surface area contributed by atoms with Gasteiger partial charge in [0.05, 0.1) is 23.5 Å². The predicted octanol–water partition coefficient (Wildman–Crippen LogP) is 1.89. The average molecular weight is 399 g/mol. The third-order valence-corrected chi connectivity index (χ3v) is 8.33. The lowest BCUT2D eigenvalue weighted by Crippen LogP contribution is -2.56. The molecular weight excluding hydrogens is 378 g/mol. The monoisotopic (exact) mass is 399 g/mol. The Balaban J connectivity index is 1.76. The van der Waals surface area contributed by atoms with Crippen LogP contribution in [0.5, 0.6) is 5.75 Å². The van der Waals surface area contributed by atoms with Crippen LogP contribution >= 0.6 is 0 Å². The maximum absolute atomic E-state index is 12.8. The number of ether oxygens (including phenoxy) is 1. The highest BCUT2D eigenvalue weighted by molar-refractivity contribution is 7.92. The minimum atomic E-state index is -3.74. The van der Waals surface area contributed by atoms with Gasteiger partial charge in [0, 0.05) is 13.1 Å². The van der Waals surface area contributed by atoms with Gasteiger partial charge >= 0.3 is 0 Å². The highest BCUT2D eigenvalue weighted by atomic mass is 32.2. The van der Waals surface area contributed by atoms with Gasteiger partial charge in [-0.1, -0.05) is 0 Å². The van der Waals surface area contributed by atoms with Gasteiger partial charge in [0.15, 0.2) is 9.84 Å². The lowest BCUT2D eigenvalue weighted by atomic mass is 10.1. The highest BCUT2D eigenvalue weighted by Crippen LogP contribution is 2.31. The zero-order valence-corrected chi connectivity index (χ0v) is 16.4. The Morgan fingerprint density at radius 3 is 2.27 bits per heavy atom. The van der Waals surface area contributed by atoms with Gasteiger partial charge < -0.3 is 9.15 Å². The number of hydrogen-bond acceptors (Lipinski definition) is 6. The molecule has 2 heterocycles. The zero-order valence-electron chi connectivity index (χ0n) is 14.8. The molecule has 0 N–H and O–H groups in total. The molecular formula is C17H21NO6S2. The second-order valence-corrected chi connectivity index (χ2v) is 10.6. The van der Waals surface area contributed by atoms with Crippen LogP contribution in [0.25, 0.3) is 0 Å². The van der Waals surface area contributed by atoms with Crippen molar-refractivity contribution in [1.29, 1.82) is 0 Å². The zero-order chi connectivity index (χ0) is 19.1. The summed E-state index contributed by atoms with van der Waals surface area (Å²) >= 11 is 0. The van der Waals surface area contributed by atoms with Crippen LogP contribution in [0, 0.1) is 13.8 Å². The fourth-order valence-electron chi connectivity index (χ4n) is 3.07. The van der Waals surface area contributed by atoms with Crippen LogP contribution in [0.15, 0.2) is 39.8 Å². The third kappa shape index (κ3) is 3.38. The van der Waals surface area contributed by atoms with Gasteiger partial charge in [-0.3, -0.25) is 0 Å². The van der Waals surface area contributed by atoms with Crippen LogP contribution in [0.2, 0.25) is 0 Å². The van der Waals surface area contributed by atoms with Crippen molar-refractivity contribution in [2.75, 3.05) is 20.2 Å². The molecule has 0 radical (unpaired) electrons. The molecule has 26 heavy (non-hydrogen) atoms. The number of nitrogens with zero attached hydrogens (tertiary/aromatic N) is 1. The Labute approximate surface area is 153 Å². The summed E-state index contributed by atoms with van der Waals surface area (Å²) in [6.07, 6.45) is 1.41. The average Bonchev–Trinajstić information content (AvgIpc) is 2.96. The number of methoxy groups -OCH3 is 1. The molecule has 9 heteroatoms. The molecule has 0 unspecified atom stereocenters. The molecule has 1 aromatic heterocycles. The first kappa shape index (κ1) is 18.9. The Bertz CT molecular complexity index is 981. The summed E-state index contributed by atoms with van der Waals surface area (Å²) in [5, 5.41) is -0.720. The minimum Gasteiger partial charge on any atom is -0.496 e. The van der Waals surface area contributed by atoms with Gasteiger partial charge in [-0.05, 0) is 49.2 Å². The molecule has 0 bridgehead atoms. The first-order chi connectivity index (χ1) is 12.1. The summed E-state index contributed by atoms with van der Waals surface area (Å²) in [5.74, 6) is 0.776. The van der Waals surface area contributed by atoms with Crippen molar-refractivity contribution in [3.05, 3.63) is 47.4 Å². The summed E-state index contributed by atoms with van der Waals surface area (Å²) in [6.45, 7) is 3.46. The van der Waals surface area contributed by atoms with Crippen LogP contribution in [0.4, 0.5) is 0 Å². The summed E-state index contributed by atoms with van der Waals surface area (Å²) in [4.78, 5) is 0.148. The maximum Gasteiger partial charge on any atom is 0.243 e. The van der Waals surface area contributed by atoms with Gasteiger partial charge in [-0.15, -0.1) is 0 Å². The van der Waals surface area contributed by atoms with E-state index in [0.717, 1.165) is 0 Å². The third-order valence-electron chi connectivity index (χ3n) is 4.52. The van der Waals surface area contributed by atoms with Gasteiger partial charge in [-0.2, -0.15) is 4.31 Å². The molecule has 1 fully saturated rings. The standard InChI is InChI=1S/C17H21NO6S2/c1-12-7-15(8-13(2)17(12)23-3)26(21,22)18-9-16(10-18)25(19,20)11-14-5-4-6-24-14/h4-8,16H,9-11H2,1-3H3. The van der Waals surface area contributed by atoms with Crippen LogP contribution < -0.4 is 4.74 Å². The fourth-order valence-corrected chi connectivity index (χ4v) is 6.57. The lowest BCUT2D eigenvalue weighted by molar-refractivity contribution is 0.309. The van der Waals surface area contributed by atoms with Crippen molar-refractivity contribution in [2.24, 2.45) is 0 Å². The van der Waals surface area contributed by atoms with E-state index in [1.54, 1.807) is 38.1 Å². The molecule has 0 atom stereocenters. The molecule has 1 aliphatic heterocycles. The number of furan rings is 1. The van der Waals surface area contributed by atoms with Crippen molar-refractivity contribution >= 4 is 19.9 Å². The Morgan fingerprint density at radius 2 is 1.77 bits per heavy atom. The Hall–Kier alpha value is -1.84. The molecule has 0 spiro atoms. The van der Waals surface area contributed by atoms with Crippen LogP contribution in [0.1, 0.15) is 16.9 Å². The molecule has 3 rings (SSSR count). The summed E-state index contributed by atoms with van der Waals surface area (Å²) in [7, 11) is -5.67. The number of benzene rings is 1. The number of rotatable bonds is 6. The first-order valence-corrected chi connectivity index (χ1v) is 11.2. The predicted molar refractivity (Wildman–Crippen MR) is 96.3 cm³/mol. The normalized spacial score (nSPS) is 16.4. The van der Waals surface area contributed by atoms with Gasteiger partial charge in [0.25, 0.3) is 0 Å². The molecule has 0 amide bonds. The van der Waals surface area contributed by atoms with Crippen LogP contribution in [-0.2, 0) is 25.6 Å². The Kier molecular flexibility index (Phi) is 4.89. The van der Waals surface area contributed by atoms with E-state index < -0.39 is 25.1 Å². The largest absolute Gasteiger partial charge is 0.496 e. The summed E-state index contributed by atoms with van der Waals surface area (Å²) in [5.41, 5.74) is 1.43. The van der Waals surface area contributed by atoms with Crippen molar-refractivity contribution in [2.45, 2.75) is 29.7 Å². The summed E-state index contributed by atoms with van der Waals surface area (Å²) < 4.78 is 61.9. The van der Waals surface area contributed by atoms with E-state index in [2.05, 4.69) is 0 Å². The minimum absolute atomic E-state index is 0.0461. The quantitative estimate of drug-likeness (QED) is 0.736. The second-order valence-electron chi connectivity index (χ2n) is 6.42. The van der Waals surface area contributed by atoms with Gasteiger partial charge in [0.2, 0.25) is 10.0 Å². The van der Waals surface area contributed by atoms with E-state index in [4.69, 9.17) is 9.15 Å². The van der Waals surface area contributed by atoms with E-state index in [1.807, 2.05) is 0 Å². The SMILES string of the molecule is COc1c(C)cc(S(=O)(=O)N2CC(S(=O)(=O)Cc3ccco3)C2)cc1C. The summed E-state index contributed by atoms with van der Waals surface area (Å²) in [6, 6.07) is 6.31. The molecule has 0 saturated carbocycles. The first-order valence-electron chi connectivity index (χ1n) is 8.04. The van der Waals surface area contributed by atoms with E-state index >= 15 is 0 Å². The smallest absolute Gasteiger partial charge is 0.243 e. The number of sulfone groups is 1. The van der Waals surface area contributed by atoms with Crippen LogP contribution in [0.3, 0.4) is 0 Å². The van der Waals surface area contributed by atoms with Crippen molar-refractivity contribution in [3.63, 3.8) is 0 Å². The van der Waals surface area contributed by atoms with Crippen molar-refractivity contribution in [1.82, 2.24) is 4.31 Å². The van der Waals surface area contributed by atoms with Crippen molar-refractivity contribution < 1.29 is 26.0 Å². The lowest BCUT2D eigenvalue weighted by Gasteiger charge is -2.37. The maximum atomic E-state index is 12.8. The molecule has 0 aliphatic carbocycles. The van der Waals surface area contributed by atoms with Crippen molar-refractivity contribution in [3.8, 4) is 5.75 Å². The molecule has 142 valence electrons. The Morgan fingerprint density at radius 1 is 1.15 bits per heavy atom. The molecule has 1 saturated heterocycles. The number of sulfonamides is 1. The number of hydrogen-bond donors (Lipinski definition) is 0. The molecule has 7 nitrogen and oxygen atoms in total. The molecule has 1 aliphatic rings. The van der Waals surface area contributed by atoms with Gasteiger partial charge in [-0.25, -0.2) is 16.8 Å².